The van der Waals surface area contributed by atoms with Gasteiger partial charge in [0, 0.05) is 31.9 Å². The van der Waals surface area contributed by atoms with Gasteiger partial charge in [-0.3, -0.25) is 0 Å². The third-order valence-corrected chi connectivity index (χ3v) is 4.24. The first-order valence-electron chi connectivity index (χ1n) is 5.47. The lowest BCUT2D eigenvalue weighted by Crippen LogP contribution is -2.47. The number of rotatable bonds is 2. The molecule has 0 aromatic heterocycles. The molecular formula is C11H17N2O2S. The SMILES string of the molecule is CS(=O)(=O)N1CCN(C2=CC[CH]C=C2)CC1. The molecule has 0 aromatic carbocycles. The molecule has 1 heterocycles. The molecule has 0 unspecified atom stereocenters. The molecule has 0 bridgehead atoms. The predicted molar refractivity (Wildman–Crippen MR) is 64.1 cm³/mol. The fourth-order valence-corrected chi connectivity index (χ4v) is 2.84. The van der Waals surface area contributed by atoms with Gasteiger partial charge in [0.2, 0.25) is 10.0 Å². The number of allylic oxidation sites excluding steroid dienone is 3. The van der Waals surface area contributed by atoms with Crippen molar-refractivity contribution >= 4 is 10.0 Å². The number of hydrogen-bond acceptors (Lipinski definition) is 3. The third-order valence-electron chi connectivity index (χ3n) is 2.94. The van der Waals surface area contributed by atoms with Crippen molar-refractivity contribution in [2.45, 2.75) is 6.42 Å². The minimum atomic E-state index is -3.02. The van der Waals surface area contributed by atoms with E-state index < -0.39 is 10.0 Å². The first kappa shape index (κ1) is 11.7. The van der Waals surface area contributed by atoms with E-state index in [2.05, 4.69) is 29.5 Å². The number of piperazine rings is 1. The van der Waals surface area contributed by atoms with Gasteiger partial charge in [0.25, 0.3) is 0 Å². The third kappa shape index (κ3) is 2.65. The first-order chi connectivity index (χ1) is 7.57. The second-order valence-corrected chi connectivity index (χ2v) is 6.09. The lowest BCUT2D eigenvalue weighted by atomic mass is 10.1. The summed E-state index contributed by atoms with van der Waals surface area (Å²) < 4.78 is 24.2. The minimum Gasteiger partial charge on any atom is -0.369 e. The summed E-state index contributed by atoms with van der Waals surface area (Å²) in [6.45, 7) is 2.74. The van der Waals surface area contributed by atoms with Crippen LogP contribution in [-0.4, -0.2) is 50.1 Å². The quantitative estimate of drug-likeness (QED) is 0.711. The Kier molecular flexibility index (Phi) is 3.35. The molecule has 1 radical (unpaired) electrons. The van der Waals surface area contributed by atoms with Gasteiger partial charge >= 0.3 is 0 Å². The van der Waals surface area contributed by atoms with Gasteiger partial charge in [0.15, 0.2) is 0 Å². The summed E-state index contributed by atoms with van der Waals surface area (Å²) in [6.07, 6.45) is 10.7. The van der Waals surface area contributed by atoms with Gasteiger partial charge in [-0.25, -0.2) is 8.42 Å². The molecule has 0 atom stereocenters. The maximum atomic E-state index is 11.3. The highest BCUT2D eigenvalue weighted by Crippen LogP contribution is 2.16. The van der Waals surface area contributed by atoms with Crippen LogP contribution in [0.4, 0.5) is 0 Å². The summed E-state index contributed by atoms with van der Waals surface area (Å²) >= 11 is 0. The molecule has 0 spiro atoms. The van der Waals surface area contributed by atoms with Crippen LogP contribution in [0, 0.1) is 6.42 Å². The van der Waals surface area contributed by atoms with Gasteiger partial charge in [-0.2, -0.15) is 4.31 Å². The summed E-state index contributed by atoms with van der Waals surface area (Å²) in [5.41, 5.74) is 1.22. The average molecular weight is 241 g/mol. The van der Waals surface area contributed by atoms with Crippen molar-refractivity contribution in [3.8, 4) is 0 Å². The molecule has 2 aliphatic rings. The van der Waals surface area contributed by atoms with Gasteiger partial charge in [0.1, 0.15) is 0 Å². The summed E-state index contributed by atoms with van der Waals surface area (Å²) in [6, 6.07) is 0. The van der Waals surface area contributed by atoms with Gasteiger partial charge in [-0.15, -0.1) is 0 Å². The molecule has 0 amide bonds. The Morgan fingerprint density at radius 1 is 1.19 bits per heavy atom. The van der Waals surface area contributed by atoms with Crippen molar-refractivity contribution in [1.82, 2.24) is 9.21 Å². The molecular weight excluding hydrogens is 224 g/mol. The van der Waals surface area contributed by atoms with E-state index in [0.717, 1.165) is 19.5 Å². The molecule has 0 aromatic rings. The van der Waals surface area contributed by atoms with Crippen LogP contribution >= 0.6 is 0 Å². The van der Waals surface area contributed by atoms with Crippen LogP contribution in [0.2, 0.25) is 0 Å². The fraction of sp³-hybridized carbons (Fsp3) is 0.545. The van der Waals surface area contributed by atoms with Crippen LogP contribution in [0.3, 0.4) is 0 Å². The molecule has 89 valence electrons. The molecule has 1 fully saturated rings. The van der Waals surface area contributed by atoms with Crippen LogP contribution in [-0.2, 0) is 10.0 Å². The van der Waals surface area contributed by atoms with E-state index in [1.165, 1.54) is 12.0 Å². The number of nitrogens with zero attached hydrogens (tertiary/aromatic N) is 2. The van der Waals surface area contributed by atoms with Crippen LogP contribution in [0.15, 0.2) is 23.9 Å². The molecule has 0 N–H and O–H groups in total. The van der Waals surface area contributed by atoms with Crippen LogP contribution in [0.25, 0.3) is 0 Å². The zero-order valence-corrected chi connectivity index (χ0v) is 10.3. The molecule has 4 nitrogen and oxygen atoms in total. The summed E-state index contributed by atoms with van der Waals surface area (Å²) in [4.78, 5) is 2.24. The topological polar surface area (TPSA) is 40.6 Å². The van der Waals surface area contributed by atoms with Crippen LogP contribution < -0.4 is 0 Å². The number of hydrogen-bond donors (Lipinski definition) is 0. The van der Waals surface area contributed by atoms with Crippen LogP contribution in [0.1, 0.15) is 6.42 Å². The van der Waals surface area contributed by atoms with Gasteiger partial charge in [-0.1, -0.05) is 12.2 Å². The van der Waals surface area contributed by atoms with E-state index in [0.29, 0.717) is 13.1 Å². The largest absolute Gasteiger partial charge is 0.369 e. The van der Waals surface area contributed by atoms with Gasteiger partial charge in [0.05, 0.1) is 6.26 Å². The summed E-state index contributed by atoms with van der Waals surface area (Å²) in [5.74, 6) is 0. The maximum absolute atomic E-state index is 11.3. The second-order valence-electron chi connectivity index (χ2n) is 4.11. The zero-order chi connectivity index (χ0) is 11.6. The molecule has 0 saturated carbocycles. The maximum Gasteiger partial charge on any atom is 0.211 e. The highest BCUT2D eigenvalue weighted by atomic mass is 32.2. The zero-order valence-electron chi connectivity index (χ0n) is 9.46. The highest BCUT2D eigenvalue weighted by Gasteiger charge is 2.23. The Morgan fingerprint density at radius 3 is 2.38 bits per heavy atom. The average Bonchev–Trinajstić information content (AvgIpc) is 2.29. The molecule has 1 aliphatic heterocycles. The van der Waals surface area contributed by atoms with Crippen LogP contribution in [0.5, 0.6) is 0 Å². The summed E-state index contributed by atoms with van der Waals surface area (Å²) in [5, 5.41) is 0. The highest BCUT2D eigenvalue weighted by molar-refractivity contribution is 7.88. The van der Waals surface area contributed by atoms with Crippen molar-refractivity contribution in [1.29, 1.82) is 0 Å². The minimum absolute atomic E-state index is 0.591. The lowest BCUT2D eigenvalue weighted by Gasteiger charge is -2.35. The molecule has 1 aliphatic carbocycles. The van der Waals surface area contributed by atoms with Crippen molar-refractivity contribution in [3.05, 3.63) is 30.3 Å². The summed E-state index contributed by atoms with van der Waals surface area (Å²) in [7, 11) is -3.02. The van der Waals surface area contributed by atoms with E-state index >= 15 is 0 Å². The fourth-order valence-electron chi connectivity index (χ4n) is 2.01. The molecule has 16 heavy (non-hydrogen) atoms. The smallest absolute Gasteiger partial charge is 0.211 e. The van der Waals surface area contributed by atoms with E-state index in [1.54, 1.807) is 4.31 Å². The first-order valence-corrected chi connectivity index (χ1v) is 7.32. The van der Waals surface area contributed by atoms with Crippen molar-refractivity contribution in [2.75, 3.05) is 32.4 Å². The molecule has 2 rings (SSSR count). The Hall–Kier alpha value is -0.810. The van der Waals surface area contributed by atoms with E-state index in [4.69, 9.17) is 0 Å². The van der Waals surface area contributed by atoms with Crippen molar-refractivity contribution in [2.24, 2.45) is 0 Å². The van der Waals surface area contributed by atoms with E-state index in [9.17, 15) is 8.42 Å². The predicted octanol–water partition coefficient (Wildman–Crippen LogP) is 0.612. The monoisotopic (exact) mass is 241 g/mol. The second kappa shape index (κ2) is 4.59. The Morgan fingerprint density at radius 2 is 1.88 bits per heavy atom. The number of sulfonamides is 1. The lowest BCUT2D eigenvalue weighted by molar-refractivity contribution is 0.234. The van der Waals surface area contributed by atoms with Crippen molar-refractivity contribution in [3.63, 3.8) is 0 Å². The van der Waals surface area contributed by atoms with E-state index in [-0.39, 0.29) is 0 Å². The normalized spacial score (nSPS) is 23.3. The van der Waals surface area contributed by atoms with Gasteiger partial charge < -0.3 is 4.90 Å². The van der Waals surface area contributed by atoms with E-state index in [1.807, 2.05) is 0 Å². The van der Waals surface area contributed by atoms with Gasteiger partial charge in [-0.05, 0) is 18.9 Å². The molecule has 5 heteroatoms. The standard InChI is InChI=1S/C11H17N2O2S/c1-16(14,15)13-9-7-12(8-10-13)11-5-3-2-4-6-11/h2-3,5-6H,4,7-10H2,1H3. The Bertz CT molecular complexity index is 404. The van der Waals surface area contributed by atoms with Crippen molar-refractivity contribution < 1.29 is 8.42 Å². The Labute approximate surface area is 97.3 Å². The molecule has 1 saturated heterocycles. The Balaban J connectivity index is 1.95.